The number of sulfonamides is 1. The van der Waals surface area contributed by atoms with Crippen molar-refractivity contribution in [2.75, 3.05) is 12.0 Å². The van der Waals surface area contributed by atoms with E-state index in [1.807, 2.05) is 18.2 Å². The molecule has 0 fully saturated rings. The van der Waals surface area contributed by atoms with Crippen molar-refractivity contribution in [2.45, 2.75) is 11.3 Å². The van der Waals surface area contributed by atoms with Crippen LogP contribution < -0.4 is 16.0 Å². The molecule has 2 aromatic carbocycles. The van der Waals surface area contributed by atoms with Crippen molar-refractivity contribution in [2.24, 2.45) is 5.14 Å². The van der Waals surface area contributed by atoms with Crippen molar-refractivity contribution in [3.63, 3.8) is 0 Å². The lowest BCUT2D eigenvalue weighted by atomic mass is 10.1. The molecule has 0 aliphatic carbocycles. The Morgan fingerprint density at radius 3 is 2.23 bits per heavy atom. The highest BCUT2D eigenvalue weighted by molar-refractivity contribution is 7.89. The highest BCUT2D eigenvalue weighted by Gasteiger charge is 2.07. The summed E-state index contributed by atoms with van der Waals surface area (Å²) < 4.78 is 22.2. The molecule has 2 rings (SSSR count). The lowest BCUT2D eigenvalue weighted by molar-refractivity contribution is 0.0983. The van der Waals surface area contributed by atoms with Crippen molar-refractivity contribution >= 4 is 21.5 Å². The van der Waals surface area contributed by atoms with E-state index >= 15 is 0 Å². The van der Waals surface area contributed by atoms with Gasteiger partial charge in [-0.05, 0) is 24.3 Å². The minimum atomic E-state index is -3.68. The van der Waals surface area contributed by atoms with Gasteiger partial charge in [-0.1, -0.05) is 30.3 Å². The Kier molecular flexibility index (Phi) is 5.26. The average Bonchev–Trinajstić information content (AvgIpc) is 2.52. The molecule has 116 valence electrons. The van der Waals surface area contributed by atoms with E-state index < -0.39 is 10.0 Å². The average molecular weight is 319 g/mol. The molecule has 0 radical (unpaired) electrons. The number of anilines is 1. The quantitative estimate of drug-likeness (QED) is 0.408. The second-order valence-corrected chi connectivity index (χ2v) is 6.22. The SMILES string of the molecule is NS(=O)(=O)c1ccc(NNCCC(=O)c2ccccc2)cc1. The molecule has 7 heteroatoms. The minimum absolute atomic E-state index is 0.0531. The predicted octanol–water partition coefficient (Wildman–Crippen LogP) is 1.52. The summed E-state index contributed by atoms with van der Waals surface area (Å²) in [6.07, 6.45) is 0.353. The van der Waals surface area contributed by atoms with Gasteiger partial charge >= 0.3 is 0 Å². The second kappa shape index (κ2) is 7.17. The monoisotopic (exact) mass is 319 g/mol. The number of benzene rings is 2. The Balaban J connectivity index is 1.78. The van der Waals surface area contributed by atoms with Crippen molar-refractivity contribution in [1.29, 1.82) is 0 Å². The number of nitrogens with one attached hydrogen (secondary N) is 2. The lowest BCUT2D eigenvalue weighted by Crippen LogP contribution is -2.24. The molecule has 0 aliphatic rings. The van der Waals surface area contributed by atoms with Gasteiger partial charge in [-0.15, -0.1) is 0 Å². The van der Waals surface area contributed by atoms with Crippen LogP contribution in [0.25, 0.3) is 0 Å². The van der Waals surface area contributed by atoms with Gasteiger partial charge in [0.25, 0.3) is 0 Å². The number of ketones is 1. The Labute approximate surface area is 129 Å². The molecule has 0 bridgehead atoms. The first kappa shape index (κ1) is 16.2. The molecule has 6 nitrogen and oxygen atoms in total. The van der Waals surface area contributed by atoms with Crippen molar-refractivity contribution in [1.82, 2.24) is 5.43 Å². The maximum absolute atomic E-state index is 11.9. The fourth-order valence-corrected chi connectivity index (χ4v) is 2.35. The van der Waals surface area contributed by atoms with Gasteiger partial charge in [-0.2, -0.15) is 0 Å². The summed E-state index contributed by atoms with van der Waals surface area (Å²) in [5, 5.41) is 5.02. The van der Waals surface area contributed by atoms with Crippen molar-refractivity contribution < 1.29 is 13.2 Å². The third-order valence-electron chi connectivity index (χ3n) is 2.99. The van der Waals surface area contributed by atoms with E-state index in [0.29, 0.717) is 24.2 Å². The molecule has 0 heterocycles. The number of hydrogen-bond donors (Lipinski definition) is 3. The molecule has 0 atom stereocenters. The number of rotatable bonds is 7. The number of carbonyl (C=O) groups is 1. The van der Waals surface area contributed by atoms with Gasteiger partial charge in [0.05, 0.1) is 4.90 Å². The summed E-state index contributed by atoms with van der Waals surface area (Å²) in [6, 6.07) is 15.1. The van der Waals surface area contributed by atoms with Crippen LogP contribution in [0.2, 0.25) is 0 Å². The largest absolute Gasteiger partial charge is 0.321 e. The number of nitrogens with two attached hydrogens (primary N) is 1. The predicted molar refractivity (Wildman–Crippen MR) is 84.8 cm³/mol. The summed E-state index contributed by atoms with van der Waals surface area (Å²) in [5.74, 6) is 0.0551. The maximum atomic E-state index is 11.9. The van der Waals surface area contributed by atoms with E-state index in [4.69, 9.17) is 5.14 Å². The van der Waals surface area contributed by atoms with Gasteiger partial charge in [0.15, 0.2) is 5.78 Å². The Hall–Kier alpha value is -2.22. The zero-order valence-electron chi connectivity index (χ0n) is 11.8. The zero-order valence-corrected chi connectivity index (χ0v) is 12.6. The number of Topliss-reactive ketones (excluding diaryl/α,β-unsaturated/α-hetero) is 1. The standard InChI is InChI=1S/C15H17N3O3S/c16-22(20,21)14-8-6-13(7-9-14)18-17-11-10-15(19)12-4-2-1-3-5-12/h1-9,17-18H,10-11H2,(H2,16,20,21). The topological polar surface area (TPSA) is 101 Å². The van der Waals surface area contributed by atoms with Crippen molar-refractivity contribution in [3.8, 4) is 0 Å². The van der Waals surface area contributed by atoms with Crippen molar-refractivity contribution in [3.05, 3.63) is 60.2 Å². The summed E-state index contributed by atoms with van der Waals surface area (Å²) in [5.41, 5.74) is 7.16. The fraction of sp³-hybridized carbons (Fsp3) is 0.133. The summed E-state index contributed by atoms with van der Waals surface area (Å²) in [7, 11) is -3.68. The Bertz CT molecular complexity index is 728. The van der Waals surface area contributed by atoms with Crippen LogP contribution >= 0.6 is 0 Å². The molecular formula is C15H17N3O3S. The first-order chi connectivity index (χ1) is 10.5. The smallest absolute Gasteiger partial charge is 0.238 e. The van der Waals surface area contributed by atoms with Gasteiger partial charge in [0.1, 0.15) is 0 Å². The van der Waals surface area contributed by atoms with Crippen LogP contribution in [-0.4, -0.2) is 20.7 Å². The van der Waals surface area contributed by atoms with E-state index in [2.05, 4.69) is 10.9 Å². The van der Waals surface area contributed by atoms with Gasteiger partial charge in [-0.3, -0.25) is 4.79 Å². The second-order valence-electron chi connectivity index (χ2n) is 4.66. The van der Waals surface area contributed by atoms with E-state index in [1.165, 1.54) is 12.1 Å². The molecule has 0 amide bonds. The van der Waals surface area contributed by atoms with Gasteiger partial charge in [-0.25, -0.2) is 19.0 Å². The highest BCUT2D eigenvalue weighted by atomic mass is 32.2. The Morgan fingerprint density at radius 2 is 1.64 bits per heavy atom. The van der Waals surface area contributed by atoms with Crippen LogP contribution in [0.4, 0.5) is 5.69 Å². The molecule has 0 aliphatic heterocycles. The molecule has 0 saturated carbocycles. The van der Waals surface area contributed by atoms with Crippen LogP contribution in [0, 0.1) is 0 Å². The minimum Gasteiger partial charge on any atom is -0.321 e. The molecule has 0 unspecified atom stereocenters. The third-order valence-corrected chi connectivity index (χ3v) is 3.92. The molecule has 22 heavy (non-hydrogen) atoms. The molecule has 4 N–H and O–H groups in total. The van der Waals surface area contributed by atoms with Crippen LogP contribution in [0.15, 0.2) is 59.5 Å². The summed E-state index contributed by atoms with van der Waals surface area (Å²) in [6.45, 7) is 0.449. The zero-order chi connectivity index (χ0) is 16.0. The number of primary sulfonamides is 1. The molecule has 0 saturated heterocycles. The van der Waals surface area contributed by atoms with Crippen LogP contribution in [0.1, 0.15) is 16.8 Å². The molecular weight excluding hydrogens is 302 g/mol. The molecule has 2 aromatic rings. The molecule has 0 spiro atoms. The van der Waals surface area contributed by atoms with E-state index in [-0.39, 0.29) is 10.7 Å². The molecule has 0 aromatic heterocycles. The highest BCUT2D eigenvalue weighted by Crippen LogP contribution is 2.11. The number of hydrazine groups is 1. The van der Waals surface area contributed by atoms with Crippen LogP contribution in [-0.2, 0) is 10.0 Å². The summed E-state index contributed by atoms with van der Waals surface area (Å²) in [4.78, 5) is 11.9. The van der Waals surface area contributed by atoms with Crippen LogP contribution in [0.3, 0.4) is 0 Å². The lowest BCUT2D eigenvalue weighted by Gasteiger charge is -2.08. The fourth-order valence-electron chi connectivity index (χ4n) is 1.84. The van der Waals surface area contributed by atoms with Crippen LogP contribution in [0.5, 0.6) is 0 Å². The number of carbonyl (C=O) groups excluding carboxylic acids is 1. The Morgan fingerprint density at radius 1 is 1.00 bits per heavy atom. The number of hydrogen-bond acceptors (Lipinski definition) is 5. The van der Waals surface area contributed by atoms with Gasteiger partial charge < -0.3 is 5.43 Å². The normalized spacial score (nSPS) is 11.1. The van der Waals surface area contributed by atoms with Gasteiger partial charge in [0.2, 0.25) is 10.0 Å². The van der Waals surface area contributed by atoms with E-state index in [0.717, 1.165) is 0 Å². The first-order valence-electron chi connectivity index (χ1n) is 6.67. The first-order valence-corrected chi connectivity index (χ1v) is 8.21. The van der Waals surface area contributed by atoms with E-state index in [1.54, 1.807) is 24.3 Å². The van der Waals surface area contributed by atoms with E-state index in [9.17, 15) is 13.2 Å². The summed E-state index contributed by atoms with van der Waals surface area (Å²) >= 11 is 0. The van der Waals surface area contributed by atoms with Gasteiger partial charge in [0, 0.05) is 24.2 Å². The third kappa shape index (κ3) is 4.66. The maximum Gasteiger partial charge on any atom is 0.238 e.